The molecule has 0 unspecified atom stereocenters. The molecular weight excluding hydrogens is 368 g/mol. The number of benzene rings is 2. The summed E-state index contributed by atoms with van der Waals surface area (Å²) in [5.41, 5.74) is 8.01. The lowest BCUT2D eigenvalue weighted by atomic mass is 10.1. The third-order valence-corrected chi connectivity index (χ3v) is 4.14. The van der Waals surface area contributed by atoms with Gasteiger partial charge in [0.1, 0.15) is 17.5 Å². The first-order valence-corrected chi connectivity index (χ1v) is 8.96. The number of nitrogens with zero attached hydrogens (tertiary/aromatic N) is 3. The maximum absolute atomic E-state index is 12.6. The number of nitrogen functional groups attached to an aromatic ring is 1. The van der Waals surface area contributed by atoms with Crippen molar-refractivity contribution in [2.75, 3.05) is 11.1 Å². The van der Waals surface area contributed by atoms with E-state index in [2.05, 4.69) is 15.7 Å². The Bertz CT molecular complexity index is 1090. The number of amides is 2. The van der Waals surface area contributed by atoms with Crippen LogP contribution >= 0.6 is 0 Å². The maximum Gasteiger partial charge on any atom is 0.255 e. The van der Waals surface area contributed by atoms with Gasteiger partial charge in [0.05, 0.1) is 23.1 Å². The highest BCUT2D eigenvalue weighted by molar-refractivity contribution is 6.09. The lowest BCUT2D eigenvalue weighted by Gasteiger charge is -2.13. The first kappa shape index (κ1) is 19.6. The Morgan fingerprint density at radius 3 is 2.41 bits per heavy atom. The standard InChI is InChI=1S/C21H20N6O2/c1-13(2)25-21(29)17-5-3-4-6-18(17)26-20(28)14-7-9-16(10-8-14)27-19(23)15(11-22)12-24-27/h3-10,12-13H,23H2,1-2H3,(H,25,29)(H,26,28). The van der Waals surface area contributed by atoms with Gasteiger partial charge in [-0.25, -0.2) is 4.68 Å². The van der Waals surface area contributed by atoms with Gasteiger partial charge in [-0.3, -0.25) is 9.59 Å². The number of rotatable bonds is 5. The van der Waals surface area contributed by atoms with Gasteiger partial charge in [-0.05, 0) is 50.2 Å². The third kappa shape index (κ3) is 4.25. The topological polar surface area (TPSA) is 126 Å². The molecule has 29 heavy (non-hydrogen) atoms. The number of anilines is 2. The largest absolute Gasteiger partial charge is 0.382 e. The molecule has 0 spiro atoms. The molecule has 4 N–H and O–H groups in total. The van der Waals surface area contributed by atoms with Crippen LogP contribution in [0.1, 0.15) is 40.1 Å². The summed E-state index contributed by atoms with van der Waals surface area (Å²) >= 11 is 0. The molecule has 1 aromatic heterocycles. The van der Waals surface area contributed by atoms with E-state index < -0.39 is 0 Å². The van der Waals surface area contributed by atoms with Crippen molar-refractivity contribution in [3.8, 4) is 11.8 Å². The summed E-state index contributed by atoms with van der Waals surface area (Å²) < 4.78 is 1.42. The van der Waals surface area contributed by atoms with Gasteiger partial charge in [-0.2, -0.15) is 10.4 Å². The second kappa shape index (κ2) is 8.27. The summed E-state index contributed by atoms with van der Waals surface area (Å²) in [4.78, 5) is 25.0. The van der Waals surface area contributed by atoms with Crippen molar-refractivity contribution in [3.05, 3.63) is 71.4 Å². The van der Waals surface area contributed by atoms with Crippen molar-refractivity contribution < 1.29 is 9.59 Å². The molecule has 8 nitrogen and oxygen atoms in total. The Labute approximate surface area is 167 Å². The summed E-state index contributed by atoms with van der Waals surface area (Å²) in [5.74, 6) is -0.379. The van der Waals surface area contributed by atoms with Crippen LogP contribution < -0.4 is 16.4 Å². The molecule has 0 aliphatic rings. The Morgan fingerprint density at radius 1 is 1.10 bits per heavy atom. The predicted octanol–water partition coefficient (Wildman–Crippen LogP) is 2.72. The average Bonchev–Trinajstić information content (AvgIpc) is 3.08. The highest BCUT2D eigenvalue weighted by atomic mass is 16.2. The number of nitrogens with two attached hydrogens (primary N) is 1. The molecule has 0 bridgehead atoms. The minimum absolute atomic E-state index is 0.0184. The van der Waals surface area contributed by atoms with Gasteiger partial charge >= 0.3 is 0 Å². The van der Waals surface area contributed by atoms with Crippen molar-refractivity contribution in [2.24, 2.45) is 0 Å². The van der Waals surface area contributed by atoms with Crippen LogP contribution in [0.3, 0.4) is 0 Å². The van der Waals surface area contributed by atoms with Crippen LogP contribution in [0.5, 0.6) is 0 Å². The van der Waals surface area contributed by atoms with Gasteiger partial charge in [0.2, 0.25) is 0 Å². The Kier molecular flexibility index (Phi) is 5.60. The molecule has 0 fully saturated rings. The zero-order valence-corrected chi connectivity index (χ0v) is 16.0. The molecule has 0 atom stereocenters. The molecule has 2 aromatic carbocycles. The number of carbonyl (C=O) groups excluding carboxylic acids is 2. The lowest BCUT2D eigenvalue weighted by Crippen LogP contribution is -2.31. The molecule has 146 valence electrons. The molecule has 3 rings (SSSR count). The van der Waals surface area contributed by atoms with Gasteiger partial charge in [0.25, 0.3) is 11.8 Å². The van der Waals surface area contributed by atoms with Crippen LogP contribution in [0.15, 0.2) is 54.7 Å². The number of nitrogens with one attached hydrogen (secondary N) is 2. The lowest BCUT2D eigenvalue weighted by molar-refractivity contribution is 0.0944. The van der Waals surface area contributed by atoms with Crippen LogP contribution in [-0.2, 0) is 0 Å². The van der Waals surface area contributed by atoms with Crippen molar-refractivity contribution in [1.29, 1.82) is 5.26 Å². The smallest absolute Gasteiger partial charge is 0.255 e. The van der Waals surface area contributed by atoms with E-state index in [1.807, 2.05) is 19.9 Å². The zero-order valence-electron chi connectivity index (χ0n) is 16.0. The number of aromatic nitrogens is 2. The van der Waals surface area contributed by atoms with E-state index in [4.69, 9.17) is 11.0 Å². The second-order valence-electron chi connectivity index (χ2n) is 6.64. The fourth-order valence-corrected chi connectivity index (χ4v) is 2.73. The van der Waals surface area contributed by atoms with E-state index in [0.717, 1.165) is 0 Å². The Balaban J connectivity index is 1.79. The fraction of sp³-hybridized carbons (Fsp3) is 0.143. The molecule has 1 heterocycles. The summed E-state index contributed by atoms with van der Waals surface area (Å²) in [5, 5.41) is 18.6. The summed E-state index contributed by atoms with van der Waals surface area (Å²) in [7, 11) is 0. The number of hydrogen-bond donors (Lipinski definition) is 3. The molecule has 8 heteroatoms. The molecule has 0 aliphatic heterocycles. The minimum Gasteiger partial charge on any atom is -0.382 e. The van der Waals surface area contributed by atoms with Gasteiger partial charge in [0, 0.05) is 11.6 Å². The SMILES string of the molecule is CC(C)NC(=O)c1ccccc1NC(=O)c1ccc(-n2ncc(C#N)c2N)cc1. The molecule has 0 saturated heterocycles. The average molecular weight is 388 g/mol. The normalized spacial score (nSPS) is 10.4. The number of nitriles is 1. The second-order valence-corrected chi connectivity index (χ2v) is 6.64. The molecule has 0 radical (unpaired) electrons. The Hall–Kier alpha value is -4.12. The van der Waals surface area contributed by atoms with E-state index in [0.29, 0.717) is 22.5 Å². The van der Waals surface area contributed by atoms with Crippen molar-refractivity contribution in [3.63, 3.8) is 0 Å². The monoisotopic (exact) mass is 388 g/mol. The zero-order chi connectivity index (χ0) is 21.0. The molecular formula is C21H20N6O2. The molecule has 0 aliphatic carbocycles. The molecule has 0 saturated carbocycles. The van der Waals surface area contributed by atoms with E-state index in [-0.39, 0.29) is 29.2 Å². The molecule has 3 aromatic rings. The quantitative estimate of drug-likeness (QED) is 0.619. The maximum atomic E-state index is 12.6. The summed E-state index contributed by atoms with van der Waals surface area (Å²) in [6.45, 7) is 3.74. The van der Waals surface area contributed by atoms with Crippen LogP contribution in [0.2, 0.25) is 0 Å². The number of hydrogen-bond acceptors (Lipinski definition) is 5. The highest BCUT2D eigenvalue weighted by Gasteiger charge is 2.15. The van der Waals surface area contributed by atoms with Gasteiger partial charge in [-0.1, -0.05) is 12.1 Å². The van der Waals surface area contributed by atoms with E-state index in [1.165, 1.54) is 10.9 Å². The van der Waals surface area contributed by atoms with Gasteiger partial charge in [0.15, 0.2) is 0 Å². The van der Waals surface area contributed by atoms with Gasteiger partial charge < -0.3 is 16.4 Å². The number of para-hydroxylation sites is 1. The van der Waals surface area contributed by atoms with E-state index in [9.17, 15) is 9.59 Å². The third-order valence-electron chi connectivity index (χ3n) is 4.14. The van der Waals surface area contributed by atoms with E-state index >= 15 is 0 Å². The first-order chi connectivity index (χ1) is 13.9. The van der Waals surface area contributed by atoms with Crippen LogP contribution in [-0.4, -0.2) is 27.6 Å². The Morgan fingerprint density at radius 2 is 1.79 bits per heavy atom. The van der Waals surface area contributed by atoms with Crippen molar-refractivity contribution in [1.82, 2.24) is 15.1 Å². The van der Waals surface area contributed by atoms with Crippen LogP contribution in [0, 0.1) is 11.3 Å². The van der Waals surface area contributed by atoms with Crippen LogP contribution in [0.25, 0.3) is 5.69 Å². The predicted molar refractivity (Wildman–Crippen MR) is 110 cm³/mol. The summed E-state index contributed by atoms with van der Waals surface area (Å²) in [6.07, 6.45) is 1.38. The summed E-state index contributed by atoms with van der Waals surface area (Å²) in [6, 6.07) is 15.4. The van der Waals surface area contributed by atoms with E-state index in [1.54, 1.807) is 48.5 Å². The van der Waals surface area contributed by atoms with Crippen LogP contribution in [0.4, 0.5) is 11.5 Å². The fourth-order valence-electron chi connectivity index (χ4n) is 2.73. The first-order valence-electron chi connectivity index (χ1n) is 8.96. The number of carbonyl (C=O) groups is 2. The molecule has 2 amide bonds. The van der Waals surface area contributed by atoms with Crippen molar-refractivity contribution in [2.45, 2.75) is 19.9 Å². The highest BCUT2D eigenvalue weighted by Crippen LogP contribution is 2.19. The minimum atomic E-state index is -0.354. The van der Waals surface area contributed by atoms with Crippen molar-refractivity contribution >= 4 is 23.3 Å². The van der Waals surface area contributed by atoms with Gasteiger partial charge in [-0.15, -0.1) is 0 Å².